The lowest BCUT2D eigenvalue weighted by atomic mass is 10.1. The minimum Gasteiger partial charge on any atom is -0.481 e. The Balaban J connectivity index is 4.43. The number of hydrogen-bond acceptors (Lipinski definition) is 3. The molecule has 0 aromatic carbocycles. The van der Waals surface area contributed by atoms with Crippen molar-refractivity contribution in [2.24, 2.45) is 0 Å². The summed E-state index contributed by atoms with van der Waals surface area (Å²) in [6.07, 6.45) is 1.61. The van der Waals surface area contributed by atoms with Gasteiger partial charge in [-0.1, -0.05) is 6.92 Å². The van der Waals surface area contributed by atoms with E-state index in [4.69, 9.17) is 5.11 Å². The highest BCUT2D eigenvalue weighted by Gasteiger charge is 2.24. The van der Waals surface area contributed by atoms with E-state index in [2.05, 4.69) is 5.32 Å². The van der Waals surface area contributed by atoms with Crippen LogP contribution in [0, 0.1) is 0 Å². The summed E-state index contributed by atoms with van der Waals surface area (Å²) in [5.41, 5.74) is 0. The first-order valence-electron chi connectivity index (χ1n) is 7.07. The maximum atomic E-state index is 12.1. The van der Waals surface area contributed by atoms with E-state index in [1.165, 1.54) is 0 Å². The number of carboxylic acid groups (broad SMARTS) is 1. The van der Waals surface area contributed by atoms with Gasteiger partial charge in [0.15, 0.2) is 0 Å². The summed E-state index contributed by atoms with van der Waals surface area (Å²) >= 11 is 0. The number of nitrogens with one attached hydrogen (secondary N) is 1. The van der Waals surface area contributed by atoms with Crippen LogP contribution in [0.4, 0.5) is 0 Å². The van der Waals surface area contributed by atoms with Crippen LogP contribution in [-0.4, -0.2) is 46.6 Å². The Morgan fingerprint density at radius 2 is 1.79 bits per heavy atom. The number of carbonyl (C=O) groups excluding carboxylic acids is 1. The summed E-state index contributed by atoms with van der Waals surface area (Å²) in [7, 11) is 0. The van der Waals surface area contributed by atoms with Crippen molar-refractivity contribution in [2.45, 2.75) is 72.0 Å². The van der Waals surface area contributed by atoms with Gasteiger partial charge in [0.2, 0.25) is 5.91 Å². The van der Waals surface area contributed by atoms with Gasteiger partial charge in [-0.25, -0.2) is 0 Å². The van der Waals surface area contributed by atoms with Crippen molar-refractivity contribution < 1.29 is 14.7 Å². The fourth-order valence-corrected chi connectivity index (χ4v) is 1.93. The number of hydrogen-bond donors (Lipinski definition) is 2. The number of carboxylic acids is 1. The van der Waals surface area contributed by atoms with E-state index < -0.39 is 5.97 Å². The van der Waals surface area contributed by atoms with Crippen molar-refractivity contribution in [1.29, 1.82) is 0 Å². The van der Waals surface area contributed by atoms with E-state index in [0.29, 0.717) is 13.0 Å². The minimum absolute atomic E-state index is 0.0124. The van der Waals surface area contributed by atoms with E-state index in [1.807, 2.05) is 39.5 Å². The molecule has 0 aliphatic heterocycles. The lowest BCUT2D eigenvalue weighted by molar-refractivity contribution is -0.137. The average Bonchev–Trinajstić information content (AvgIpc) is 2.32. The van der Waals surface area contributed by atoms with Gasteiger partial charge in [0.1, 0.15) is 0 Å². The van der Waals surface area contributed by atoms with Crippen LogP contribution in [0.3, 0.4) is 0 Å². The van der Waals surface area contributed by atoms with Crippen molar-refractivity contribution in [3.8, 4) is 0 Å². The van der Waals surface area contributed by atoms with Gasteiger partial charge in [-0.15, -0.1) is 0 Å². The molecular weight excluding hydrogens is 244 g/mol. The Bertz CT molecular complexity index is 292. The lowest BCUT2D eigenvalue weighted by Gasteiger charge is -2.32. The summed E-state index contributed by atoms with van der Waals surface area (Å²) in [6, 6.07) is 0.150. The van der Waals surface area contributed by atoms with Gasteiger partial charge in [0, 0.05) is 18.5 Å². The lowest BCUT2D eigenvalue weighted by Crippen LogP contribution is -2.50. The van der Waals surface area contributed by atoms with Crippen LogP contribution in [0.5, 0.6) is 0 Å². The van der Waals surface area contributed by atoms with E-state index in [9.17, 15) is 9.59 Å². The highest BCUT2D eigenvalue weighted by Crippen LogP contribution is 2.08. The first-order chi connectivity index (χ1) is 8.79. The largest absolute Gasteiger partial charge is 0.481 e. The van der Waals surface area contributed by atoms with Crippen LogP contribution in [0.1, 0.15) is 53.9 Å². The fourth-order valence-electron chi connectivity index (χ4n) is 1.93. The van der Waals surface area contributed by atoms with Crippen molar-refractivity contribution in [1.82, 2.24) is 10.2 Å². The quantitative estimate of drug-likeness (QED) is 0.672. The molecule has 0 aromatic rings. The van der Waals surface area contributed by atoms with Crippen LogP contribution in [-0.2, 0) is 9.59 Å². The molecule has 0 saturated heterocycles. The average molecular weight is 272 g/mol. The SMILES string of the molecule is CCC(C)NC(=O)C(C)N(CCCC(=O)O)C(C)C. The molecule has 19 heavy (non-hydrogen) atoms. The molecule has 1 amide bonds. The Morgan fingerprint density at radius 3 is 2.21 bits per heavy atom. The zero-order valence-corrected chi connectivity index (χ0v) is 12.8. The Hall–Kier alpha value is -1.10. The summed E-state index contributed by atoms with van der Waals surface area (Å²) in [4.78, 5) is 24.7. The van der Waals surface area contributed by atoms with E-state index >= 15 is 0 Å². The summed E-state index contributed by atoms with van der Waals surface area (Å²) in [5, 5.41) is 11.6. The first-order valence-corrected chi connectivity index (χ1v) is 7.07. The third-order valence-corrected chi connectivity index (χ3v) is 3.35. The van der Waals surface area contributed by atoms with Crippen LogP contribution < -0.4 is 5.32 Å². The topological polar surface area (TPSA) is 69.6 Å². The molecule has 0 aliphatic rings. The van der Waals surface area contributed by atoms with Crippen molar-refractivity contribution in [2.75, 3.05) is 6.54 Å². The number of nitrogens with zero attached hydrogens (tertiary/aromatic N) is 1. The molecule has 112 valence electrons. The summed E-state index contributed by atoms with van der Waals surface area (Å²) in [5.74, 6) is -0.779. The molecule has 0 radical (unpaired) electrons. The summed E-state index contributed by atoms with van der Waals surface area (Å²) in [6.45, 7) is 10.6. The van der Waals surface area contributed by atoms with E-state index in [-0.39, 0.29) is 30.5 Å². The number of aliphatic carboxylic acids is 1. The molecule has 0 spiro atoms. The molecule has 0 aromatic heterocycles. The Morgan fingerprint density at radius 1 is 1.21 bits per heavy atom. The van der Waals surface area contributed by atoms with Gasteiger partial charge in [-0.3, -0.25) is 14.5 Å². The smallest absolute Gasteiger partial charge is 0.303 e. The van der Waals surface area contributed by atoms with E-state index in [0.717, 1.165) is 6.42 Å². The van der Waals surface area contributed by atoms with Gasteiger partial charge < -0.3 is 10.4 Å². The van der Waals surface area contributed by atoms with E-state index in [1.54, 1.807) is 0 Å². The van der Waals surface area contributed by atoms with Crippen LogP contribution in [0.25, 0.3) is 0 Å². The Labute approximate surface area is 116 Å². The molecule has 2 unspecified atom stereocenters. The summed E-state index contributed by atoms with van der Waals surface area (Å²) < 4.78 is 0. The first kappa shape index (κ1) is 17.9. The van der Waals surface area contributed by atoms with Crippen LogP contribution >= 0.6 is 0 Å². The molecule has 0 fully saturated rings. The highest BCUT2D eigenvalue weighted by atomic mass is 16.4. The normalized spacial score (nSPS) is 14.5. The monoisotopic (exact) mass is 272 g/mol. The predicted molar refractivity (Wildman–Crippen MR) is 76.1 cm³/mol. The number of amides is 1. The zero-order chi connectivity index (χ0) is 15.0. The van der Waals surface area contributed by atoms with Gasteiger partial charge in [-0.2, -0.15) is 0 Å². The van der Waals surface area contributed by atoms with Gasteiger partial charge in [0.25, 0.3) is 0 Å². The molecule has 5 heteroatoms. The molecule has 0 saturated carbocycles. The van der Waals surface area contributed by atoms with Gasteiger partial charge in [-0.05, 0) is 47.1 Å². The maximum absolute atomic E-state index is 12.1. The minimum atomic E-state index is -0.791. The predicted octanol–water partition coefficient (Wildman–Crippen LogP) is 1.86. The van der Waals surface area contributed by atoms with Crippen molar-refractivity contribution in [3.05, 3.63) is 0 Å². The molecular formula is C14H28N2O3. The number of carbonyl (C=O) groups is 2. The van der Waals surface area contributed by atoms with Gasteiger partial charge in [0.05, 0.1) is 6.04 Å². The molecule has 0 bridgehead atoms. The molecule has 5 nitrogen and oxygen atoms in total. The maximum Gasteiger partial charge on any atom is 0.303 e. The van der Waals surface area contributed by atoms with Crippen LogP contribution in [0.2, 0.25) is 0 Å². The molecule has 0 heterocycles. The molecule has 0 aliphatic carbocycles. The second kappa shape index (κ2) is 8.91. The fraction of sp³-hybridized carbons (Fsp3) is 0.857. The highest BCUT2D eigenvalue weighted by molar-refractivity contribution is 5.81. The van der Waals surface area contributed by atoms with Crippen molar-refractivity contribution in [3.63, 3.8) is 0 Å². The Kier molecular flexibility index (Phi) is 8.39. The van der Waals surface area contributed by atoms with Crippen LogP contribution in [0.15, 0.2) is 0 Å². The third-order valence-electron chi connectivity index (χ3n) is 3.35. The number of rotatable bonds is 9. The molecule has 2 atom stereocenters. The second-order valence-electron chi connectivity index (χ2n) is 5.32. The van der Waals surface area contributed by atoms with Gasteiger partial charge >= 0.3 is 5.97 Å². The molecule has 2 N–H and O–H groups in total. The molecule has 0 rings (SSSR count). The standard InChI is InChI=1S/C14H28N2O3/c1-6-11(4)15-14(19)12(5)16(10(2)3)9-7-8-13(17)18/h10-12H,6-9H2,1-5H3,(H,15,19)(H,17,18). The third kappa shape index (κ3) is 7.15. The second-order valence-corrected chi connectivity index (χ2v) is 5.32. The zero-order valence-electron chi connectivity index (χ0n) is 12.8. The van der Waals surface area contributed by atoms with Crippen molar-refractivity contribution >= 4 is 11.9 Å².